The fourth-order valence-corrected chi connectivity index (χ4v) is 1.37. The summed E-state index contributed by atoms with van der Waals surface area (Å²) in [4.78, 5) is 12.5. The van der Waals surface area contributed by atoms with Crippen LogP contribution in [0.2, 0.25) is 0 Å². The Balaban J connectivity index is 1.87. The van der Waals surface area contributed by atoms with Gasteiger partial charge in [-0.25, -0.2) is 9.97 Å². The number of aryl methyl sites for hydroxylation is 2. The van der Waals surface area contributed by atoms with Crippen molar-refractivity contribution in [3.8, 4) is 0 Å². The normalized spacial score (nSPS) is 10.4. The number of hydrogen-bond acceptors (Lipinski definition) is 5. The van der Waals surface area contributed by atoms with Crippen molar-refractivity contribution in [2.75, 3.05) is 11.9 Å². The number of hydrogen-bond donors (Lipinski definition) is 1. The molecule has 6 heteroatoms. The van der Waals surface area contributed by atoms with E-state index >= 15 is 0 Å². The molecule has 0 bridgehead atoms. The molecule has 16 heavy (non-hydrogen) atoms. The predicted octanol–water partition coefficient (Wildman–Crippen LogP) is 0.568. The first-order valence-electron chi connectivity index (χ1n) is 5.11. The van der Waals surface area contributed by atoms with Gasteiger partial charge in [-0.1, -0.05) is 0 Å². The fraction of sp³-hybridized carbons (Fsp3) is 0.400. The zero-order valence-corrected chi connectivity index (χ0v) is 9.38. The summed E-state index contributed by atoms with van der Waals surface area (Å²) in [6, 6.07) is 0. The molecule has 2 rings (SSSR count). The molecular formula is C10H14N6. The van der Waals surface area contributed by atoms with Crippen LogP contribution in [-0.4, -0.2) is 31.3 Å². The summed E-state index contributed by atoms with van der Waals surface area (Å²) < 4.78 is 1.70. The number of nitrogens with one attached hydrogen (secondary N) is 1. The second-order valence-electron chi connectivity index (χ2n) is 3.50. The minimum absolute atomic E-state index is 0.754. The molecule has 2 aromatic rings. The highest BCUT2D eigenvalue weighted by molar-refractivity contribution is 5.38. The molecule has 6 nitrogen and oxygen atoms in total. The molecule has 2 aromatic heterocycles. The highest BCUT2D eigenvalue weighted by atomic mass is 15.3. The monoisotopic (exact) mass is 218 g/mol. The van der Waals surface area contributed by atoms with Crippen LogP contribution in [0.3, 0.4) is 0 Å². The van der Waals surface area contributed by atoms with Crippen LogP contribution in [0.15, 0.2) is 18.7 Å². The van der Waals surface area contributed by atoms with Crippen molar-refractivity contribution in [2.24, 2.45) is 7.05 Å². The summed E-state index contributed by atoms with van der Waals surface area (Å²) in [6.45, 7) is 2.68. The second-order valence-corrected chi connectivity index (χ2v) is 3.50. The van der Waals surface area contributed by atoms with E-state index in [0.29, 0.717) is 0 Å². The van der Waals surface area contributed by atoms with Gasteiger partial charge in [0.1, 0.15) is 12.1 Å². The molecule has 2 heterocycles. The quantitative estimate of drug-likeness (QED) is 0.812. The van der Waals surface area contributed by atoms with E-state index in [0.717, 1.165) is 30.3 Å². The van der Waals surface area contributed by atoms with Crippen molar-refractivity contribution < 1.29 is 0 Å². The van der Waals surface area contributed by atoms with E-state index in [4.69, 9.17) is 0 Å². The topological polar surface area (TPSA) is 68.5 Å². The molecule has 0 aliphatic rings. The first-order chi connectivity index (χ1) is 7.75. The lowest BCUT2D eigenvalue weighted by Gasteiger charge is -2.05. The van der Waals surface area contributed by atoms with Gasteiger partial charge in [0.15, 0.2) is 5.82 Å². The van der Waals surface area contributed by atoms with Gasteiger partial charge in [-0.3, -0.25) is 9.67 Å². The fourth-order valence-electron chi connectivity index (χ4n) is 1.37. The molecule has 0 saturated carbocycles. The van der Waals surface area contributed by atoms with E-state index in [1.165, 1.54) is 0 Å². The zero-order valence-electron chi connectivity index (χ0n) is 9.38. The van der Waals surface area contributed by atoms with Gasteiger partial charge in [0.2, 0.25) is 0 Å². The summed E-state index contributed by atoms with van der Waals surface area (Å²) in [5, 5.41) is 7.40. The molecule has 1 N–H and O–H groups in total. The Bertz CT molecular complexity index is 464. The van der Waals surface area contributed by atoms with Gasteiger partial charge in [-0.2, -0.15) is 5.10 Å². The molecule has 0 atom stereocenters. The third-order valence-corrected chi connectivity index (χ3v) is 2.17. The molecule has 0 spiro atoms. The number of aromatic nitrogens is 5. The van der Waals surface area contributed by atoms with Gasteiger partial charge < -0.3 is 5.32 Å². The third kappa shape index (κ3) is 2.53. The Morgan fingerprint density at radius 2 is 2.06 bits per heavy atom. The minimum Gasteiger partial charge on any atom is -0.368 e. The van der Waals surface area contributed by atoms with Gasteiger partial charge in [0.25, 0.3) is 0 Å². The lowest BCUT2D eigenvalue weighted by Crippen LogP contribution is -2.09. The predicted molar refractivity (Wildman–Crippen MR) is 60.0 cm³/mol. The molecule has 0 unspecified atom stereocenters. The van der Waals surface area contributed by atoms with Crippen LogP contribution < -0.4 is 5.32 Å². The van der Waals surface area contributed by atoms with E-state index in [2.05, 4.69) is 25.4 Å². The molecule has 84 valence electrons. The number of nitrogens with zero attached hydrogens (tertiary/aromatic N) is 5. The van der Waals surface area contributed by atoms with E-state index in [1.807, 2.05) is 14.0 Å². The zero-order chi connectivity index (χ0) is 11.4. The van der Waals surface area contributed by atoms with Gasteiger partial charge in [-0.05, 0) is 6.92 Å². The second kappa shape index (κ2) is 4.69. The molecule has 0 radical (unpaired) electrons. The first kappa shape index (κ1) is 10.5. The Hall–Kier alpha value is -1.98. The Kier molecular flexibility index (Phi) is 3.09. The average molecular weight is 218 g/mol. The Morgan fingerprint density at radius 1 is 1.25 bits per heavy atom. The first-order valence-corrected chi connectivity index (χ1v) is 5.11. The smallest absolute Gasteiger partial charge is 0.152 e. The van der Waals surface area contributed by atoms with Crippen molar-refractivity contribution in [3.05, 3.63) is 30.2 Å². The maximum absolute atomic E-state index is 4.20. The molecule has 0 saturated heterocycles. The maximum Gasteiger partial charge on any atom is 0.152 e. The van der Waals surface area contributed by atoms with Gasteiger partial charge in [-0.15, -0.1) is 0 Å². The van der Waals surface area contributed by atoms with E-state index in [1.54, 1.807) is 23.4 Å². The van der Waals surface area contributed by atoms with Gasteiger partial charge >= 0.3 is 0 Å². The van der Waals surface area contributed by atoms with Crippen LogP contribution in [0.5, 0.6) is 0 Å². The molecule has 0 fully saturated rings. The highest BCUT2D eigenvalue weighted by Gasteiger charge is 2.01. The molecule has 0 aliphatic heterocycles. The number of anilines is 1. The molecular weight excluding hydrogens is 204 g/mol. The van der Waals surface area contributed by atoms with Gasteiger partial charge in [0, 0.05) is 32.4 Å². The summed E-state index contributed by atoms with van der Waals surface area (Å²) in [7, 11) is 1.86. The van der Waals surface area contributed by atoms with E-state index in [-0.39, 0.29) is 0 Å². The summed E-state index contributed by atoms with van der Waals surface area (Å²) in [5.74, 6) is 1.65. The van der Waals surface area contributed by atoms with Crippen LogP contribution in [0.4, 0.5) is 5.82 Å². The SMILES string of the molecule is Cc1nccnc1NCCc1ncn(C)n1. The van der Waals surface area contributed by atoms with Crippen LogP contribution in [-0.2, 0) is 13.5 Å². The highest BCUT2D eigenvalue weighted by Crippen LogP contribution is 2.05. The lowest BCUT2D eigenvalue weighted by atomic mass is 10.4. The summed E-state index contributed by atoms with van der Waals surface area (Å²) in [6.07, 6.45) is 5.83. The largest absolute Gasteiger partial charge is 0.368 e. The van der Waals surface area contributed by atoms with Crippen LogP contribution in [0.25, 0.3) is 0 Å². The molecule has 0 aliphatic carbocycles. The van der Waals surface area contributed by atoms with Crippen LogP contribution in [0, 0.1) is 6.92 Å². The van der Waals surface area contributed by atoms with Crippen molar-refractivity contribution in [1.29, 1.82) is 0 Å². The van der Waals surface area contributed by atoms with Crippen LogP contribution >= 0.6 is 0 Å². The van der Waals surface area contributed by atoms with Crippen LogP contribution in [0.1, 0.15) is 11.5 Å². The molecule has 0 aromatic carbocycles. The Morgan fingerprint density at radius 3 is 2.75 bits per heavy atom. The van der Waals surface area contributed by atoms with Crippen molar-refractivity contribution in [3.63, 3.8) is 0 Å². The maximum atomic E-state index is 4.20. The van der Waals surface area contributed by atoms with Crippen molar-refractivity contribution in [1.82, 2.24) is 24.7 Å². The average Bonchev–Trinajstić information content (AvgIpc) is 2.67. The third-order valence-electron chi connectivity index (χ3n) is 2.17. The Labute approximate surface area is 93.8 Å². The van der Waals surface area contributed by atoms with Gasteiger partial charge in [0.05, 0.1) is 5.69 Å². The van der Waals surface area contributed by atoms with Crippen molar-refractivity contribution >= 4 is 5.82 Å². The van der Waals surface area contributed by atoms with Crippen molar-refractivity contribution in [2.45, 2.75) is 13.3 Å². The van der Waals surface area contributed by atoms with E-state index in [9.17, 15) is 0 Å². The standard InChI is InChI=1S/C10H14N6/c1-8-10(13-6-5-11-8)12-4-3-9-14-7-16(2)15-9/h5-7H,3-4H2,1-2H3,(H,12,13). The van der Waals surface area contributed by atoms with E-state index < -0.39 is 0 Å². The lowest BCUT2D eigenvalue weighted by molar-refractivity contribution is 0.741. The minimum atomic E-state index is 0.754. The molecule has 0 amide bonds. The summed E-state index contributed by atoms with van der Waals surface area (Å²) in [5.41, 5.74) is 0.900. The summed E-state index contributed by atoms with van der Waals surface area (Å²) >= 11 is 0. The number of rotatable bonds is 4.